The highest BCUT2D eigenvalue weighted by molar-refractivity contribution is 5.59. The average Bonchev–Trinajstić information content (AvgIpc) is 2.54. The summed E-state index contributed by atoms with van der Waals surface area (Å²) >= 11 is 0. The molecule has 84 valence electrons. The highest BCUT2D eigenvalue weighted by atomic mass is 16.5. The highest BCUT2D eigenvalue weighted by Crippen LogP contribution is 2.21. The number of benzene rings is 1. The van der Waals surface area contributed by atoms with Gasteiger partial charge in [0, 0.05) is 19.7 Å². The molecule has 1 aliphatic rings. The van der Waals surface area contributed by atoms with Gasteiger partial charge < -0.3 is 9.64 Å². The summed E-state index contributed by atoms with van der Waals surface area (Å²) in [6, 6.07) is 10.0. The number of rotatable bonds is 1. The maximum Gasteiger partial charge on any atom is 0.101 e. The van der Waals surface area contributed by atoms with Gasteiger partial charge in [-0.1, -0.05) is 12.1 Å². The third-order valence-electron chi connectivity index (χ3n) is 2.82. The number of para-hydroxylation sites is 1. The van der Waals surface area contributed by atoms with E-state index in [1.807, 2.05) is 24.3 Å². The van der Waals surface area contributed by atoms with Gasteiger partial charge in [-0.15, -0.1) is 0 Å². The zero-order valence-electron chi connectivity index (χ0n) is 9.52. The lowest BCUT2D eigenvalue weighted by Gasteiger charge is -2.25. The fraction of sp³-hybridized carbons (Fsp3) is 0.462. The molecule has 1 aromatic rings. The maximum atomic E-state index is 9.08. The Morgan fingerprint density at radius 1 is 1.44 bits per heavy atom. The summed E-state index contributed by atoms with van der Waals surface area (Å²) in [7, 11) is 0. The Bertz CT molecular complexity index is 397. The lowest BCUT2D eigenvalue weighted by atomic mass is 10.1. The molecule has 0 amide bonds. The third kappa shape index (κ3) is 2.34. The zero-order chi connectivity index (χ0) is 11.4. The first-order valence-corrected chi connectivity index (χ1v) is 5.67. The molecular weight excluding hydrogens is 200 g/mol. The van der Waals surface area contributed by atoms with E-state index < -0.39 is 0 Å². The van der Waals surface area contributed by atoms with Crippen molar-refractivity contribution in [2.24, 2.45) is 0 Å². The molecule has 0 bridgehead atoms. The van der Waals surface area contributed by atoms with E-state index in [4.69, 9.17) is 10.00 Å². The number of hydrogen-bond donors (Lipinski definition) is 0. The van der Waals surface area contributed by atoms with Crippen molar-refractivity contribution >= 4 is 5.69 Å². The van der Waals surface area contributed by atoms with Gasteiger partial charge in [-0.3, -0.25) is 0 Å². The van der Waals surface area contributed by atoms with Crippen LogP contribution >= 0.6 is 0 Å². The van der Waals surface area contributed by atoms with Crippen LogP contribution in [-0.4, -0.2) is 25.8 Å². The second kappa shape index (κ2) is 5.00. The molecule has 0 radical (unpaired) electrons. The molecule has 0 N–H and O–H groups in total. The second-order valence-corrected chi connectivity index (χ2v) is 4.11. The van der Waals surface area contributed by atoms with Crippen LogP contribution in [0.3, 0.4) is 0 Å². The van der Waals surface area contributed by atoms with Gasteiger partial charge in [0.25, 0.3) is 0 Å². The SMILES string of the molecule is CC1CN(c2ccccc2C#N)CCCO1. The van der Waals surface area contributed by atoms with Gasteiger partial charge in [-0.25, -0.2) is 0 Å². The van der Waals surface area contributed by atoms with Gasteiger partial charge in [0.2, 0.25) is 0 Å². The van der Waals surface area contributed by atoms with E-state index in [0.29, 0.717) is 0 Å². The molecule has 1 heterocycles. The van der Waals surface area contributed by atoms with Crippen LogP contribution in [0.25, 0.3) is 0 Å². The van der Waals surface area contributed by atoms with Crippen LogP contribution in [-0.2, 0) is 4.74 Å². The summed E-state index contributed by atoms with van der Waals surface area (Å²) in [4.78, 5) is 2.25. The van der Waals surface area contributed by atoms with Crippen LogP contribution in [0.1, 0.15) is 18.9 Å². The first-order chi connectivity index (χ1) is 7.81. The fourth-order valence-corrected chi connectivity index (χ4v) is 2.06. The van der Waals surface area contributed by atoms with E-state index >= 15 is 0 Å². The summed E-state index contributed by atoms with van der Waals surface area (Å²) in [5.41, 5.74) is 1.78. The minimum Gasteiger partial charge on any atom is -0.377 e. The smallest absolute Gasteiger partial charge is 0.101 e. The lowest BCUT2D eigenvalue weighted by Crippen LogP contribution is -2.30. The fourth-order valence-electron chi connectivity index (χ4n) is 2.06. The molecule has 3 heteroatoms. The molecule has 1 saturated heterocycles. The van der Waals surface area contributed by atoms with Gasteiger partial charge in [0.05, 0.1) is 17.4 Å². The van der Waals surface area contributed by atoms with E-state index in [0.717, 1.165) is 37.4 Å². The summed E-state index contributed by atoms with van der Waals surface area (Å²) in [6.45, 7) is 4.71. The van der Waals surface area contributed by atoms with Crippen LogP contribution in [0.5, 0.6) is 0 Å². The minimum absolute atomic E-state index is 0.231. The van der Waals surface area contributed by atoms with Crippen LogP contribution in [0.4, 0.5) is 5.69 Å². The molecule has 2 rings (SSSR count). The summed E-state index contributed by atoms with van der Waals surface area (Å²) in [5, 5.41) is 9.08. The Morgan fingerprint density at radius 3 is 3.06 bits per heavy atom. The quantitative estimate of drug-likeness (QED) is 0.722. The first-order valence-electron chi connectivity index (χ1n) is 5.67. The number of nitrogens with zero attached hydrogens (tertiary/aromatic N) is 2. The normalized spacial score (nSPS) is 21.2. The molecule has 0 aliphatic carbocycles. The van der Waals surface area contributed by atoms with E-state index in [1.165, 1.54) is 0 Å². The number of nitriles is 1. The van der Waals surface area contributed by atoms with Gasteiger partial charge >= 0.3 is 0 Å². The van der Waals surface area contributed by atoms with E-state index in [9.17, 15) is 0 Å². The van der Waals surface area contributed by atoms with Crippen molar-refractivity contribution in [3.05, 3.63) is 29.8 Å². The maximum absolute atomic E-state index is 9.08. The van der Waals surface area contributed by atoms with E-state index in [1.54, 1.807) is 0 Å². The molecule has 1 unspecified atom stereocenters. The van der Waals surface area contributed by atoms with Crippen molar-refractivity contribution in [1.82, 2.24) is 0 Å². The molecule has 0 spiro atoms. The predicted molar refractivity (Wildman–Crippen MR) is 63.4 cm³/mol. The molecule has 16 heavy (non-hydrogen) atoms. The minimum atomic E-state index is 0.231. The van der Waals surface area contributed by atoms with Crippen molar-refractivity contribution in [2.75, 3.05) is 24.6 Å². The summed E-state index contributed by atoms with van der Waals surface area (Å²) in [6.07, 6.45) is 1.25. The largest absolute Gasteiger partial charge is 0.377 e. The molecule has 1 fully saturated rings. The van der Waals surface area contributed by atoms with Crippen molar-refractivity contribution < 1.29 is 4.74 Å². The Hall–Kier alpha value is -1.53. The topological polar surface area (TPSA) is 36.3 Å². The molecule has 0 saturated carbocycles. The van der Waals surface area contributed by atoms with Gasteiger partial charge in [-0.2, -0.15) is 5.26 Å². The monoisotopic (exact) mass is 216 g/mol. The number of hydrogen-bond acceptors (Lipinski definition) is 3. The Morgan fingerprint density at radius 2 is 2.25 bits per heavy atom. The Balaban J connectivity index is 2.25. The van der Waals surface area contributed by atoms with Gasteiger partial charge in [0.1, 0.15) is 6.07 Å². The lowest BCUT2D eigenvalue weighted by molar-refractivity contribution is 0.0821. The number of ether oxygens (including phenoxy) is 1. The van der Waals surface area contributed by atoms with Crippen LogP contribution < -0.4 is 4.90 Å². The molecule has 1 aliphatic heterocycles. The molecule has 1 atom stereocenters. The summed E-state index contributed by atoms with van der Waals surface area (Å²) < 4.78 is 5.60. The molecule has 1 aromatic carbocycles. The van der Waals surface area contributed by atoms with Crippen LogP contribution in [0.2, 0.25) is 0 Å². The third-order valence-corrected chi connectivity index (χ3v) is 2.82. The van der Waals surface area contributed by atoms with Crippen LogP contribution in [0.15, 0.2) is 24.3 Å². The van der Waals surface area contributed by atoms with Crippen molar-refractivity contribution in [1.29, 1.82) is 5.26 Å². The predicted octanol–water partition coefficient (Wildman–Crippen LogP) is 2.17. The molecule has 3 nitrogen and oxygen atoms in total. The molecular formula is C13H16N2O. The highest BCUT2D eigenvalue weighted by Gasteiger charge is 2.17. The van der Waals surface area contributed by atoms with Gasteiger partial charge in [-0.05, 0) is 25.5 Å². The van der Waals surface area contributed by atoms with Crippen molar-refractivity contribution in [3.8, 4) is 6.07 Å². The van der Waals surface area contributed by atoms with Crippen LogP contribution in [0, 0.1) is 11.3 Å². The first kappa shape index (κ1) is 11.0. The Kier molecular flexibility index (Phi) is 3.43. The van der Waals surface area contributed by atoms with Crippen molar-refractivity contribution in [3.63, 3.8) is 0 Å². The Labute approximate surface area is 96.2 Å². The zero-order valence-corrected chi connectivity index (χ0v) is 9.52. The summed E-state index contributed by atoms with van der Waals surface area (Å²) in [5.74, 6) is 0. The standard InChI is InChI=1S/C13H16N2O/c1-11-10-15(7-4-8-16-11)13-6-3-2-5-12(13)9-14/h2-3,5-6,11H,4,7-8,10H2,1H3. The number of anilines is 1. The average molecular weight is 216 g/mol. The van der Waals surface area contributed by atoms with Gasteiger partial charge in [0.15, 0.2) is 0 Å². The second-order valence-electron chi connectivity index (χ2n) is 4.11. The van der Waals surface area contributed by atoms with E-state index in [-0.39, 0.29) is 6.10 Å². The molecule has 0 aromatic heterocycles. The van der Waals surface area contributed by atoms with E-state index in [2.05, 4.69) is 17.9 Å². The van der Waals surface area contributed by atoms with Crippen molar-refractivity contribution in [2.45, 2.75) is 19.4 Å².